The van der Waals surface area contributed by atoms with E-state index in [0.29, 0.717) is 0 Å². The van der Waals surface area contributed by atoms with E-state index in [1.807, 2.05) is 3.88 Å². The Hall–Kier alpha value is -0.0488. The summed E-state index contributed by atoms with van der Waals surface area (Å²) < 4.78 is 2.69. The van der Waals surface area contributed by atoms with E-state index in [-0.39, 0.29) is 31.0 Å². The monoisotopic (exact) mass is 414 g/mol. The van der Waals surface area contributed by atoms with Gasteiger partial charge in [-0.1, -0.05) is 0 Å². The van der Waals surface area contributed by atoms with Gasteiger partial charge in [-0.3, -0.25) is 0 Å². The van der Waals surface area contributed by atoms with Gasteiger partial charge in [0.2, 0.25) is 0 Å². The number of unbranched alkanes of at least 4 members (excludes halogenated alkanes) is 1. The summed E-state index contributed by atoms with van der Waals surface area (Å²) in [6, 6.07) is 9.08. The molecule has 1 aromatic rings. The van der Waals surface area contributed by atoms with Gasteiger partial charge in [0.05, 0.1) is 0 Å². The molecule has 0 spiro atoms. The molecule has 0 aliphatic heterocycles. The number of hydrogen-bond acceptors (Lipinski definition) is 0. The van der Waals surface area contributed by atoms with Crippen molar-refractivity contribution in [1.82, 2.24) is 0 Å². The Kier molecular flexibility index (Phi) is 9.33. The van der Waals surface area contributed by atoms with Crippen molar-refractivity contribution in [3.63, 3.8) is 0 Å². The minimum absolute atomic E-state index is 0. The first-order chi connectivity index (χ1) is 10.7. The summed E-state index contributed by atoms with van der Waals surface area (Å²) in [4.78, 5) is 0. The van der Waals surface area contributed by atoms with Gasteiger partial charge in [0.25, 0.3) is 0 Å². The molecule has 0 saturated carbocycles. The number of hydrogen-bond donors (Lipinski definition) is 0. The van der Waals surface area contributed by atoms with E-state index in [4.69, 9.17) is 0 Å². The first-order valence-corrected chi connectivity index (χ1v) is 15.1. The van der Waals surface area contributed by atoms with Crippen molar-refractivity contribution in [1.29, 1.82) is 0 Å². The average Bonchev–Trinajstić information content (AvgIpc) is 3.13. The zero-order chi connectivity index (χ0) is 15.5. The summed E-state index contributed by atoms with van der Waals surface area (Å²) in [5.74, 6) is 0. The Labute approximate surface area is 166 Å². The number of fused-ring (bicyclic) bond motifs is 1. The Morgan fingerprint density at radius 2 is 1.88 bits per heavy atom. The van der Waals surface area contributed by atoms with E-state index in [0.717, 1.165) is 4.22 Å². The molecule has 2 aliphatic rings. The first-order valence-electron chi connectivity index (χ1n) is 8.55. The van der Waals surface area contributed by atoms with E-state index >= 15 is 0 Å². The van der Waals surface area contributed by atoms with Gasteiger partial charge < -0.3 is 0 Å². The smallest absolute Gasteiger partial charge is 0.147 e. The number of allylic oxidation sites excluding steroid dienone is 5. The van der Waals surface area contributed by atoms with Crippen LogP contribution in [0.15, 0.2) is 51.9 Å². The zero-order valence-corrected chi connectivity index (χ0v) is 19.0. The van der Waals surface area contributed by atoms with E-state index in [1.54, 1.807) is 11.1 Å². The largest absolute Gasteiger partial charge is 0.147 e. The fraction of sp³-hybridized carbons (Fsp3) is 0.400. The summed E-state index contributed by atoms with van der Waals surface area (Å²) in [6.45, 7) is 7.44. The molecule has 0 nitrogen and oxygen atoms in total. The average molecular weight is 415 g/mol. The second-order valence-electron chi connectivity index (χ2n) is 6.59. The predicted octanol–water partition coefficient (Wildman–Crippen LogP) is 6.87. The van der Waals surface area contributed by atoms with Crippen LogP contribution in [0.5, 0.6) is 0 Å². The molecule has 0 saturated heterocycles. The Morgan fingerprint density at radius 1 is 1.12 bits per heavy atom. The topological polar surface area (TPSA) is 0 Å². The molecule has 3 rings (SSSR count). The van der Waals surface area contributed by atoms with E-state index < -0.39 is 16.6 Å². The van der Waals surface area contributed by atoms with Gasteiger partial charge in [-0.15, -0.1) is 24.8 Å². The summed E-state index contributed by atoms with van der Waals surface area (Å²) in [5.41, 5.74) is 4.82. The van der Waals surface area contributed by atoms with Crippen molar-refractivity contribution in [2.75, 3.05) is 0 Å². The van der Waals surface area contributed by atoms with Crippen molar-refractivity contribution >= 4 is 37.1 Å². The van der Waals surface area contributed by atoms with Gasteiger partial charge in [0.15, 0.2) is 0 Å². The van der Waals surface area contributed by atoms with Crippen LogP contribution in [0, 0.1) is 0 Å². The molecule has 2 aliphatic carbocycles. The molecule has 0 fully saturated rings. The van der Waals surface area contributed by atoms with Crippen LogP contribution in [-0.4, -0.2) is 6.19 Å². The van der Waals surface area contributed by atoms with Gasteiger partial charge in [-0.05, 0) is 0 Å². The normalized spacial score (nSPS) is 17.4. The van der Waals surface area contributed by atoms with Crippen molar-refractivity contribution in [3.05, 3.63) is 63.1 Å². The standard InChI is InChI=1S/C9H7.C9H13.C2H6Si.2ClH.Ti/c1-2-5-9-7-3-6-8(9)4-1;1-2-3-6-9-7-4-5-8-9;1-3-2;;;/h1-7H;4,7H,2-3,5-6H2,1H3;1-2H3;2*1H;. The first kappa shape index (κ1) is 22.0. The molecule has 0 heterocycles. The van der Waals surface area contributed by atoms with E-state index in [2.05, 4.69) is 68.6 Å². The van der Waals surface area contributed by atoms with Gasteiger partial charge in [0, 0.05) is 0 Å². The second kappa shape index (κ2) is 10.2. The van der Waals surface area contributed by atoms with Gasteiger partial charge in [0.1, 0.15) is 0 Å². The predicted molar refractivity (Wildman–Crippen MR) is 111 cm³/mol. The second-order valence-corrected chi connectivity index (χ2v) is 18.7. The summed E-state index contributed by atoms with van der Waals surface area (Å²) in [5, 5.41) is 0. The van der Waals surface area contributed by atoms with E-state index in [1.165, 1.54) is 31.2 Å². The zero-order valence-electron chi connectivity index (χ0n) is 14.8. The Bertz CT molecular complexity index is 697. The van der Waals surface area contributed by atoms with Crippen LogP contribution in [0.4, 0.5) is 0 Å². The quantitative estimate of drug-likeness (QED) is 0.461. The minimum Gasteiger partial charge on any atom is -0.147 e. The maximum Gasteiger partial charge on any atom is -0.147 e. The van der Waals surface area contributed by atoms with Crippen LogP contribution >= 0.6 is 24.8 Å². The van der Waals surface area contributed by atoms with Crippen molar-refractivity contribution in [2.24, 2.45) is 0 Å². The molecule has 0 amide bonds. The summed E-state index contributed by atoms with van der Waals surface area (Å²) in [6.07, 6.45) is 14.8. The number of rotatable bonds is 5. The number of benzene rings is 1. The van der Waals surface area contributed by atoms with Crippen LogP contribution in [0.1, 0.15) is 48.0 Å². The third kappa shape index (κ3) is 4.56. The molecular weight excluding hydrogens is 387 g/mol. The molecule has 1 aromatic carbocycles. The molecule has 0 bridgehead atoms. The summed E-state index contributed by atoms with van der Waals surface area (Å²) >= 11 is -1.25. The fourth-order valence-electron chi connectivity index (χ4n) is 3.74. The van der Waals surface area contributed by atoms with E-state index in [9.17, 15) is 0 Å². The number of halogens is 2. The van der Waals surface area contributed by atoms with Gasteiger partial charge in [-0.25, -0.2) is 0 Å². The van der Waals surface area contributed by atoms with Crippen LogP contribution in [0.25, 0.3) is 6.08 Å². The van der Waals surface area contributed by atoms with Crippen LogP contribution < -0.4 is 0 Å². The van der Waals surface area contributed by atoms with Crippen LogP contribution in [0.2, 0.25) is 13.1 Å². The third-order valence-electron chi connectivity index (χ3n) is 4.80. The van der Waals surface area contributed by atoms with Gasteiger partial charge >= 0.3 is 142 Å². The molecule has 24 heavy (non-hydrogen) atoms. The molecule has 0 radical (unpaired) electrons. The van der Waals surface area contributed by atoms with Gasteiger partial charge in [-0.2, -0.15) is 0 Å². The molecule has 1 unspecified atom stereocenters. The van der Waals surface area contributed by atoms with Crippen molar-refractivity contribution in [3.8, 4) is 0 Å². The molecule has 130 valence electrons. The third-order valence-corrected chi connectivity index (χ3v) is 17.0. The van der Waals surface area contributed by atoms with Crippen molar-refractivity contribution in [2.45, 2.75) is 49.9 Å². The molecule has 1 atom stereocenters. The fourth-order valence-corrected chi connectivity index (χ4v) is 16.2. The summed E-state index contributed by atoms with van der Waals surface area (Å²) in [7, 11) is 0. The molecular formula is C20H28Cl2SiTi. The van der Waals surface area contributed by atoms with Crippen molar-refractivity contribution < 1.29 is 16.6 Å². The van der Waals surface area contributed by atoms with Crippen LogP contribution in [0.3, 0.4) is 0 Å². The maximum absolute atomic E-state index is 2.57. The Morgan fingerprint density at radius 3 is 2.58 bits per heavy atom. The molecule has 0 N–H and O–H groups in total. The SMILES string of the molecule is CCCCC1=[C]([Ti]([CH]2C=Cc3ccccc32)=[Si](C)C)CC=C1.Cl.Cl. The molecule has 0 aromatic heterocycles. The maximum atomic E-state index is 2.57. The van der Waals surface area contributed by atoms with Crippen LogP contribution in [-0.2, 0) is 16.6 Å². The molecule has 4 heteroatoms. The Balaban J connectivity index is 0.00000144. The minimum atomic E-state index is -1.25.